The summed E-state index contributed by atoms with van der Waals surface area (Å²) in [6.45, 7) is 1.80. The molecule has 0 N–H and O–H groups in total. The van der Waals surface area contributed by atoms with Crippen LogP contribution in [0.3, 0.4) is 0 Å². The van der Waals surface area contributed by atoms with Gasteiger partial charge in [-0.05, 0) is 12.5 Å². The average molecular weight is 191 g/mol. The molecule has 0 spiro atoms. The van der Waals surface area contributed by atoms with E-state index in [0.29, 0.717) is 9.90 Å². The molecule has 0 saturated carbocycles. The normalized spacial score (nSPS) is 9.73. The molecule has 0 aliphatic heterocycles. The van der Waals surface area contributed by atoms with E-state index < -0.39 is 0 Å². The third-order valence-electron chi connectivity index (χ3n) is 1.38. The molecule has 0 bridgehead atoms. The Hall–Kier alpha value is -0.540. The first-order valence-corrected chi connectivity index (χ1v) is 4.24. The third kappa shape index (κ3) is 1.54. The number of thiophene rings is 1. The summed E-state index contributed by atoms with van der Waals surface area (Å²) < 4.78 is 5.18. The van der Waals surface area contributed by atoms with Crippen LogP contribution in [-0.4, -0.2) is 13.1 Å². The minimum absolute atomic E-state index is 0.328. The van der Waals surface area contributed by atoms with Gasteiger partial charge in [-0.2, -0.15) is 0 Å². The van der Waals surface area contributed by atoms with Crippen LogP contribution in [0.15, 0.2) is 5.38 Å². The highest BCUT2D eigenvalue weighted by Gasteiger charge is 2.12. The SMILES string of the molecule is COC(=O)c1csc(Cl)c1C. The molecule has 1 heterocycles. The van der Waals surface area contributed by atoms with E-state index in [1.807, 2.05) is 0 Å². The lowest BCUT2D eigenvalue weighted by Crippen LogP contribution is -2.00. The first kappa shape index (κ1) is 8.56. The molecule has 1 aromatic heterocycles. The Morgan fingerprint density at radius 2 is 2.36 bits per heavy atom. The largest absolute Gasteiger partial charge is 0.465 e. The Morgan fingerprint density at radius 1 is 1.73 bits per heavy atom. The van der Waals surface area contributed by atoms with Gasteiger partial charge in [-0.1, -0.05) is 11.6 Å². The molecule has 0 fully saturated rings. The van der Waals surface area contributed by atoms with Gasteiger partial charge in [0, 0.05) is 5.38 Å². The van der Waals surface area contributed by atoms with Gasteiger partial charge in [0.05, 0.1) is 17.0 Å². The van der Waals surface area contributed by atoms with Gasteiger partial charge in [0.2, 0.25) is 0 Å². The van der Waals surface area contributed by atoms with Gasteiger partial charge in [0.15, 0.2) is 0 Å². The number of hydrogen-bond acceptors (Lipinski definition) is 3. The maximum Gasteiger partial charge on any atom is 0.339 e. The van der Waals surface area contributed by atoms with Crippen LogP contribution in [0.25, 0.3) is 0 Å². The van der Waals surface area contributed by atoms with Crippen LogP contribution in [0.2, 0.25) is 4.34 Å². The zero-order valence-electron chi connectivity index (χ0n) is 6.18. The average Bonchev–Trinajstić information content (AvgIpc) is 2.32. The van der Waals surface area contributed by atoms with E-state index >= 15 is 0 Å². The summed E-state index contributed by atoms with van der Waals surface area (Å²) in [6, 6.07) is 0. The number of ether oxygens (including phenoxy) is 1. The molecule has 11 heavy (non-hydrogen) atoms. The molecule has 0 atom stereocenters. The van der Waals surface area contributed by atoms with Crippen molar-refractivity contribution in [3.63, 3.8) is 0 Å². The van der Waals surface area contributed by atoms with Crippen molar-refractivity contribution in [1.29, 1.82) is 0 Å². The fraction of sp³-hybridized carbons (Fsp3) is 0.286. The fourth-order valence-electron chi connectivity index (χ4n) is 0.704. The Kier molecular flexibility index (Phi) is 2.52. The van der Waals surface area contributed by atoms with Gasteiger partial charge >= 0.3 is 5.97 Å². The molecule has 0 amide bonds. The molecule has 0 aromatic carbocycles. The highest BCUT2D eigenvalue weighted by Crippen LogP contribution is 2.26. The molecule has 60 valence electrons. The highest BCUT2D eigenvalue weighted by molar-refractivity contribution is 7.14. The highest BCUT2D eigenvalue weighted by atomic mass is 35.5. The van der Waals surface area contributed by atoms with Crippen LogP contribution in [0.1, 0.15) is 15.9 Å². The molecule has 0 saturated heterocycles. The Morgan fingerprint density at radius 3 is 2.73 bits per heavy atom. The molecule has 2 nitrogen and oxygen atoms in total. The second kappa shape index (κ2) is 3.24. The number of halogens is 1. The smallest absolute Gasteiger partial charge is 0.339 e. The predicted octanol–water partition coefficient (Wildman–Crippen LogP) is 2.50. The van der Waals surface area contributed by atoms with Crippen molar-refractivity contribution in [3.05, 3.63) is 20.8 Å². The summed E-state index contributed by atoms with van der Waals surface area (Å²) in [6.07, 6.45) is 0. The van der Waals surface area contributed by atoms with Gasteiger partial charge in [0.25, 0.3) is 0 Å². The molecule has 0 unspecified atom stereocenters. The van der Waals surface area contributed by atoms with E-state index in [1.165, 1.54) is 18.4 Å². The lowest BCUT2D eigenvalue weighted by atomic mass is 10.2. The van der Waals surface area contributed by atoms with Crippen molar-refractivity contribution < 1.29 is 9.53 Å². The summed E-state index contributed by atoms with van der Waals surface area (Å²) in [5, 5.41) is 1.70. The maximum atomic E-state index is 11.0. The zero-order chi connectivity index (χ0) is 8.43. The summed E-state index contributed by atoms with van der Waals surface area (Å²) in [7, 11) is 1.35. The van der Waals surface area contributed by atoms with Crippen molar-refractivity contribution in [3.8, 4) is 0 Å². The van der Waals surface area contributed by atoms with Crippen molar-refractivity contribution in [2.75, 3.05) is 7.11 Å². The lowest BCUT2D eigenvalue weighted by Gasteiger charge is -1.95. The molecular weight excluding hydrogens is 184 g/mol. The first-order valence-electron chi connectivity index (χ1n) is 2.98. The molecule has 1 aromatic rings. The van der Waals surface area contributed by atoms with Gasteiger partial charge in [-0.15, -0.1) is 11.3 Å². The minimum Gasteiger partial charge on any atom is -0.465 e. The molecule has 1 rings (SSSR count). The minimum atomic E-state index is -0.328. The number of carbonyl (C=O) groups excluding carboxylic acids is 1. The van der Waals surface area contributed by atoms with Crippen molar-refractivity contribution in [2.45, 2.75) is 6.92 Å². The third-order valence-corrected chi connectivity index (χ3v) is 2.80. The van der Waals surface area contributed by atoms with Crippen LogP contribution in [0.5, 0.6) is 0 Å². The summed E-state index contributed by atoms with van der Waals surface area (Å²) in [4.78, 5) is 11.0. The van der Waals surface area contributed by atoms with Gasteiger partial charge in [-0.25, -0.2) is 4.79 Å². The van der Waals surface area contributed by atoms with Crippen LogP contribution in [-0.2, 0) is 4.74 Å². The van der Waals surface area contributed by atoms with E-state index in [0.717, 1.165) is 5.56 Å². The number of esters is 1. The summed E-state index contributed by atoms with van der Waals surface area (Å²) in [5.41, 5.74) is 1.35. The molecule has 0 aliphatic carbocycles. The number of methoxy groups -OCH3 is 1. The maximum absolute atomic E-state index is 11.0. The van der Waals surface area contributed by atoms with Gasteiger partial charge < -0.3 is 4.74 Å². The topological polar surface area (TPSA) is 26.3 Å². The van der Waals surface area contributed by atoms with Crippen LogP contribution >= 0.6 is 22.9 Å². The fourth-order valence-corrected chi connectivity index (χ4v) is 1.72. The standard InChI is InChI=1S/C7H7ClO2S/c1-4-5(7(9)10-2)3-11-6(4)8/h3H,1-2H3. The van der Waals surface area contributed by atoms with Gasteiger partial charge in [-0.3, -0.25) is 0 Å². The molecule has 4 heteroatoms. The van der Waals surface area contributed by atoms with Crippen molar-refractivity contribution in [1.82, 2.24) is 0 Å². The monoisotopic (exact) mass is 190 g/mol. The Bertz CT molecular complexity index is 280. The van der Waals surface area contributed by atoms with Crippen LogP contribution < -0.4 is 0 Å². The van der Waals surface area contributed by atoms with Crippen molar-refractivity contribution >= 4 is 28.9 Å². The predicted molar refractivity (Wildman–Crippen MR) is 45.4 cm³/mol. The van der Waals surface area contributed by atoms with E-state index in [9.17, 15) is 4.79 Å². The molecule has 0 aliphatic rings. The van der Waals surface area contributed by atoms with E-state index in [1.54, 1.807) is 12.3 Å². The van der Waals surface area contributed by atoms with Crippen LogP contribution in [0, 0.1) is 6.92 Å². The quantitative estimate of drug-likeness (QED) is 0.636. The summed E-state index contributed by atoms with van der Waals surface area (Å²) >= 11 is 7.08. The van der Waals surface area contributed by atoms with E-state index in [2.05, 4.69) is 4.74 Å². The van der Waals surface area contributed by atoms with E-state index in [4.69, 9.17) is 11.6 Å². The summed E-state index contributed by atoms with van der Waals surface area (Å²) in [5.74, 6) is -0.328. The van der Waals surface area contributed by atoms with Gasteiger partial charge in [0.1, 0.15) is 0 Å². The Balaban J connectivity index is 3.04. The Labute approximate surface area is 73.7 Å². The van der Waals surface area contributed by atoms with Crippen LogP contribution in [0.4, 0.5) is 0 Å². The zero-order valence-corrected chi connectivity index (χ0v) is 7.75. The second-order valence-electron chi connectivity index (χ2n) is 2.04. The molecule has 0 radical (unpaired) electrons. The number of hydrogen-bond donors (Lipinski definition) is 0. The molecular formula is C7H7ClO2S. The lowest BCUT2D eigenvalue weighted by molar-refractivity contribution is 0.0600. The number of rotatable bonds is 1. The second-order valence-corrected chi connectivity index (χ2v) is 3.52. The number of carbonyl (C=O) groups is 1. The van der Waals surface area contributed by atoms with Crippen molar-refractivity contribution in [2.24, 2.45) is 0 Å². The first-order chi connectivity index (χ1) is 5.16. The van der Waals surface area contributed by atoms with E-state index in [-0.39, 0.29) is 5.97 Å².